The predicted octanol–water partition coefficient (Wildman–Crippen LogP) is 4.76. The van der Waals surface area contributed by atoms with E-state index in [1.54, 1.807) is 18.4 Å². The lowest BCUT2D eigenvalue weighted by Crippen LogP contribution is -2.21. The largest absolute Gasteiger partial charge is 0.495 e. The van der Waals surface area contributed by atoms with Crippen LogP contribution in [0.5, 0.6) is 5.75 Å². The Balaban J connectivity index is 2.38. The molecule has 0 fully saturated rings. The summed E-state index contributed by atoms with van der Waals surface area (Å²) in [6.07, 6.45) is 0. The Kier molecular flexibility index (Phi) is 5.11. The Morgan fingerprint density at radius 2 is 2.05 bits per heavy atom. The SMILES string of the molecule is CCNC(c1ccc(Cl)c(OC)c1)c1ccc(Cl)s1. The number of hydrogen-bond donors (Lipinski definition) is 1. The molecule has 5 heteroatoms. The molecule has 19 heavy (non-hydrogen) atoms. The van der Waals surface area contributed by atoms with Crippen molar-refractivity contribution in [2.24, 2.45) is 0 Å². The fourth-order valence-corrected chi connectivity index (χ4v) is 3.29. The lowest BCUT2D eigenvalue weighted by atomic mass is 10.0. The van der Waals surface area contributed by atoms with Crippen molar-refractivity contribution in [1.82, 2.24) is 5.32 Å². The number of ether oxygens (including phenoxy) is 1. The zero-order chi connectivity index (χ0) is 13.8. The number of hydrogen-bond acceptors (Lipinski definition) is 3. The molecule has 0 aliphatic rings. The van der Waals surface area contributed by atoms with Crippen LogP contribution in [-0.2, 0) is 0 Å². The fourth-order valence-electron chi connectivity index (χ4n) is 1.93. The second-order valence-electron chi connectivity index (χ2n) is 4.03. The molecule has 2 aromatic rings. The van der Waals surface area contributed by atoms with Crippen LogP contribution >= 0.6 is 34.5 Å². The Morgan fingerprint density at radius 1 is 1.26 bits per heavy atom. The first-order valence-corrected chi connectivity index (χ1v) is 7.55. The third kappa shape index (κ3) is 3.42. The topological polar surface area (TPSA) is 21.3 Å². The summed E-state index contributed by atoms with van der Waals surface area (Å²) < 4.78 is 6.06. The maximum atomic E-state index is 6.06. The van der Waals surface area contributed by atoms with E-state index in [1.165, 1.54) is 4.88 Å². The highest BCUT2D eigenvalue weighted by molar-refractivity contribution is 7.16. The summed E-state index contributed by atoms with van der Waals surface area (Å²) in [5.74, 6) is 0.685. The monoisotopic (exact) mass is 315 g/mol. The van der Waals surface area contributed by atoms with Crippen LogP contribution in [0, 0.1) is 0 Å². The van der Waals surface area contributed by atoms with Gasteiger partial charge in [0.1, 0.15) is 5.75 Å². The third-order valence-electron chi connectivity index (χ3n) is 2.80. The van der Waals surface area contributed by atoms with Crippen molar-refractivity contribution in [3.8, 4) is 5.75 Å². The van der Waals surface area contributed by atoms with Gasteiger partial charge in [0.05, 0.1) is 22.5 Å². The predicted molar refractivity (Wildman–Crippen MR) is 82.9 cm³/mol. The second kappa shape index (κ2) is 6.62. The first-order valence-electron chi connectivity index (χ1n) is 5.97. The molecule has 0 radical (unpaired) electrons. The standard InChI is InChI=1S/C14H15Cl2NOS/c1-3-17-14(12-6-7-13(16)19-12)9-4-5-10(15)11(8-9)18-2/h4-8,14,17H,3H2,1-2H3. The van der Waals surface area contributed by atoms with Crippen LogP contribution in [0.3, 0.4) is 0 Å². The van der Waals surface area contributed by atoms with Crippen molar-refractivity contribution in [2.45, 2.75) is 13.0 Å². The third-order valence-corrected chi connectivity index (χ3v) is 4.40. The molecule has 2 rings (SSSR count). The Labute approximate surface area is 127 Å². The molecular formula is C14H15Cl2NOS. The molecule has 0 spiro atoms. The van der Waals surface area contributed by atoms with Crippen LogP contribution in [0.4, 0.5) is 0 Å². The summed E-state index contributed by atoms with van der Waals surface area (Å²) in [5.41, 5.74) is 1.11. The van der Waals surface area contributed by atoms with Gasteiger partial charge < -0.3 is 10.1 Å². The molecule has 1 heterocycles. The zero-order valence-corrected chi connectivity index (χ0v) is 13.1. The van der Waals surface area contributed by atoms with Gasteiger partial charge in [-0.1, -0.05) is 36.2 Å². The van der Waals surface area contributed by atoms with E-state index in [0.29, 0.717) is 10.8 Å². The van der Waals surface area contributed by atoms with E-state index in [2.05, 4.69) is 12.2 Å². The summed E-state index contributed by atoms with van der Waals surface area (Å²) in [6.45, 7) is 2.94. The van der Waals surface area contributed by atoms with Gasteiger partial charge in [-0.25, -0.2) is 0 Å². The Bertz CT molecular complexity index is 556. The molecule has 0 aliphatic carbocycles. The molecule has 0 amide bonds. The molecule has 0 saturated carbocycles. The van der Waals surface area contributed by atoms with Crippen LogP contribution in [0.25, 0.3) is 0 Å². The first-order chi connectivity index (χ1) is 9.15. The number of rotatable bonds is 5. The summed E-state index contributed by atoms with van der Waals surface area (Å²) in [5, 5.41) is 4.07. The van der Waals surface area contributed by atoms with E-state index in [1.807, 2.05) is 30.3 Å². The number of methoxy groups -OCH3 is 1. The molecule has 0 bridgehead atoms. The molecule has 0 aliphatic heterocycles. The highest BCUT2D eigenvalue weighted by atomic mass is 35.5. The number of thiophene rings is 1. The lowest BCUT2D eigenvalue weighted by molar-refractivity contribution is 0.414. The van der Waals surface area contributed by atoms with Gasteiger partial charge in [0.15, 0.2) is 0 Å². The minimum absolute atomic E-state index is 0.105. The lowest BCUT2D eigenvalue weighted by Gasteiger charge is -2.18. The van der Waals surface area contributed by atoms with E-state index in [0.717, 1.165) is 16.4 Å². The highest BCUT2D eigenvalue weighted by Crippen LogP contribution is 2.34. The van der Waals surface area contributed by atoms with Crippen LogP contribution < -0.4 is 10.1 Å². The summed E-state index contributed by atoms with van der Waals surface area (Å²) in [6, 6.07) is 9.89. The highest BCUT2D eigenvalue weighted by Gasteiger charge is 2.16. The summed E-state index contributed by atoms with van der Waals surface area (Å²) >= 11 is 13.7. The van der Waals surface area contributed by atoms with Gasteiger partial charge >= 0.3 is 0 Å². The van der Waals surface area contributed by atoms with Crippen molar-refractivity contribution in [3.05, 3.63) is 50.1 Å². The summed E-state index contributed by atoms with van der Waals surface area (Å²) in [7, 11) is 1.62. The molecule has 1 unspecified atom stereocenters. The van der Waals surface area contributed by atoms with Gasteiger partial charge in [-0.05, 0) is 36.4 Å². The number of benzene rings is 1. The Hall–Kier alpha value is -0.740. The zero-order valence-electron chi connectivity index (χ0n) is 10.7. The average molecular weight is 316 g/mol. The van der Waals surface area contributed by atoms with Gasteiger partial charge in [0.25, 0.3) is 0 Å². The smallest absolute Gasteiger partial charge is 0.137 e. The van der Waals surface area contributed by atoms with Gasteiger partial charge in [-0.2, -0.15) is 0 Å². The first kappa shape index (κ1) is 14.7. The fraction of sp³-hybridized carbons (Fsp3) is 0.286. The van der Waals surface area contributed by atoms with Crippen LogP contribution in [0.1, 0.15) is 23.4 Å². The average Bonchev–Trinajstić information content (AvgIpc) is 2.83. The second-order valence-corrected chi connectivity index (χ2v) is 6.18. The molecule has 2 nitrogen and oxygen atoms in total. The molecule has 102 valence electrons. The van der Waals surface area contributed by atoms with E-state index >= 15 is 0 Å². The van der Waals surface area contributed by atoms with Gasteiger partial charge in [0.2, 0.25) is 0 Å². The van der Waals surface area contributed by atoms with E-state index in [9.17, 15) is 0 Å². The van der Waals surface area contributed by atoms with Crippen LogP contribution in [0.15, 0.2) is 30.3 Å². The normalized spacial score (nSPS) is 12.4. The van der Waals surface area contributed by atoms with E-state index in [4.69, 9.17) is 27.9 Å². The van der Waals surface area contributed by atoms with Gasteiger partial charge in [-0.15, -0.1) is 11.3 Å². The maximum absolute atomic E-state index is 6.06. The molecule has 1 atom stereocenters. The molecule has 1 N–H and O–H groups in total. The van der Waals surface area contributed by atoms with Crippen molar-refractivity contribution in [1.29, 1.82) is 0 Å². The van der Waals surface area contributed by atoms with Crippen molar-refractivity contribution in [3.63, 3.8) is 0 Å². The van der Waals surface area contributed by atoms with Crippen molar-refractivity contribution in [2.75, 3.05) is 13.7 Å². The molecule has 1 aromatic carbocycles. The van der Waals surface area contributed by atoms with Crippen molar-refractivity contribution < 1.29 is 4.74 Å². The molecule has 1 aromatic heterocycles. The quantitative estimate of drug-likeness (QED) is 0.858. The minimum Gasteiger partial charge on any atom is -0.495 e. The Morgan fingerprint density at radius 3 is 2.63 bits per heavy atom. The number of halogens is 2. The van der Waals surface area contributed by atoms with Gasteiger partial charge in [0, 0.05) is 4.88 Å². The maximum Gasteiger partial charge on any atom is 0.137 e. The van der Waals surface area contributed by atoms with Crippen LogP contribution in [0.2, 0.25) is 9.36 Å². The van der Waals surface area contributed by atoms with E-state index < -0.39 is 0 Å². The summed E-state index contributed by atoms with van der Waals surface area (Å²) in [4.78, 5) is 1.18. The van der Waals surface area contributed by atoms with Gasteiger partial charge in [-0.3, -0.25) is 0 Å². The van der Waals surface area contributed by atoms with E-state index in [-0.39, 0.29) is 6.04 Å². The minimum atomic E-state index is 0.105. The van der Waals surface area contributed by atoms with Crippen LogP contribution in [-0.4, -0.2) is 13.7 Å². The molecule has 0 saturated heterocycles. The van der Waals surface area contributed by atoms with Crippen molar-refractivity contribution >= 4 is 34.5 Å². The molecular weight excluding hydrogens is 301 g/mol. The number of nitrogens with one attached hydrogen (secondary N) is 1.